The smallest absolute Gasteiger partial charge is 0.222 e. The van der Waals surface area contributed by atoms with Crippen molar-refractivity contribution in [2.45, 2.75) is 6.92 Å². The van der Waals surface area contributed by atoms with Crippen LogP contribution in [0.4, 0.5) is 5.82 Å². The summed E-state index contributed by atoms with van der Waals surface area (Å²) in [6, 6.07) is 3.70. The van der Waals surface area contributed by atoms with Crippen molar-refractivity contribution in [1.29, 1.82) is 0 Å². The molecule has 82 valence electrons. The normalized spacial score (nSPS) is 10.1. The molecular formula is C11H12N4O. The number of aryl methyl sites for hydroxylation is 1. The van der Waals surface area contributed by atoms with E-state index in [1.807, 2.05) is 25.4 Å². The molecule has 0 bridgehead atoms. The summed E-state index contributed by atoms with van der Waals surface area (Å²) in [6.07, 6.45) is 5.34. The maximum absolute atomic E-state index is 10.9. The summed E-state index contributed by atoms with van der Waals surface area (Å²) < 4.78 is 1.73. The molecule has 1 amide bonds. The maximum Gasteiger partial charge on any atom is 0.222 e. The van der Waals surface area contributed by atoms with Crippen LogP contribution in [0.15, 0.2) is 30.7 Å². The van der Waals surface area contributed by atoms with Crippen LogP contribution in [-0.4, -0.2) is 20.7 Å². The van der Waals surface area contributed by atoms with Crippen molar-refractivity contribution in [3.8, 4) is 11.1 Å². The molecule has 5 nitrogen and oxygen atoms in total. The van der Waals surface area contributed by atoms with Crippen LogP contribution in [0.1, 0.15) is 6.92 Å². The average Bonchev–Trinajstić information content (AvgIpc) is 2.64. The van der Waals surface area contributed by atoms with E-state index < -0.39 is 0 Å². The van der Waals surface area contributed by atoms with Crippen molar-refractivity contribution < 1.29 is 4.79 Å². The number of amides is 1. The van der Waals surface area contributed by atoms with Crippen LogP contribution in [0.2, 0.25) is 0 Å². The first-order valence-electron chi connectivity index (χ1n) is 4.88. The number of rotatable bonds is 2. The Kier molecular flexibility index (Phi) is 2.68. The van der Waals surface area contributed by atoms with Gasteiger partial charge in [-0.3, -0.25) is 9.48 Å². The molecule has 0 saturated carbocycles. The minimum atomic E-state index is -0.129. The summed E-state index contributed by atoms with van der Waals surface area (Å²) in [5.41, 5.74) is 1.98. The van der Waals surface area contributed by atoms with Gasteiger partial charge in [0, 0.05) is 31.9 Å². The first-order chi connectivity index (χ1) is 7.65. The number of pyridine rings is 1. The number of carbonyl (C=O) groups is 1. The highest BCUT2D eigenvalue weighted by Crippen LogP contribution is 2.19. The zero-order valence-electron chi connectivity index (χ0n) is 9.14. The van der Waals surface area contributed by atoms with Gasteiger partial charge in [-0.15, -0.1) is 0 Å². The van der Waals surface area contributed by atoms with E-state index in [0.717, 1.165) is 11.1 Å². The van der Waals surface area contributed by atoms with Gasteiger partial charge in [0.1, 0.15) is 5.82 Å². The van der Waals surface area contributed by atoms with Crippen molar-refractivity contribution >= 4 is 11.7 Å². The Morgan fingerprint density at radius 1 is 1.44 bits per heavy atom. The zero-order chi connectivity index (χ0) is 11.5. The zero-order valence-corrected chi connectivity index (χ0v) is 9.14. The number of hydrogen-bond acceptors (Lipinski definition) is 3. The fourth-order valence-electron chi connectivity index (χ4n) is 1.43. The molecule has 0 aromatic carbocycles. The first kappa shape index (κ1) is 10.4. The first-order valence-corrected chi connectivity index (χ1v) is 4.88. The SMILES string of the molecule is CC(=O)Nc1cc(-c2cnn(C)c2)ccn1. The molecule has 2 aromatic heterocycles. The number of hydrogen-bond donors (Lipinski definition) is 1. The average molecular weight is 216 g/mol. The summed E-state index contributed by atoms with van der Waals surface area (Å²) in [5, 5.41) is 6.74. The van der Waals surface area contributed by atoms with Gasteiger partial charge in [0.25, 0.3) is 0 Å². The topological polar surface area (TPSA) is 59.8 Å². The molecular weight excluding hydrogens is 204 g/mol. The Bertz CT molecular complexity index is 518. The fraction of sp³-hybridized carbons (Fsp3) is 0.182. The molecule has 0 atom stereocenters. The molecule has 0 aliphatic carbocycles. The Morgan fingerprint density at radius 2 is 2.25 bits per heavy atom. The van der Waals surface area contributed by atoms with Crippen LogP contribution in [0.3, 0.4) is 0 Å². The summed E-state index contributed by atoms with van der Waals surface area (Å²) in [4.78, 5) is 15.0. The largest absolute Gasteiger partial charge is 0.311 e. The molecule has 0 aliphatic heterocycles. The van der Waals surface area contributed by atoms with Crippen molar-refractivity contribution in [2.75, 3.05) is 5.32 Å². The number of nitrogens with zero attached hydrogens (tertiary/aromatic N) is 3. The van der Waals surface area contributed by atoms with Crippen LogP contribution in [0.25, 0.3) is 11.1 Å². The van der Waals surface area contributed by atoms with E-state index in [9.17, 15) is 4.79 Å². The lowest BCUT2D eigenvalue weighted by molar-refractivity contribution is -0.114. The van der Waals surface area contributed by atoms with E-state index in [4.69, 9.17) is 0 Å². The Labute approximate surface area is 93.1 Å². The molecule has 0 radical (unpaired) electrons. The highest BCUT2D eigenvalue weighted by molar-refractivity contribution is 5.88. The second-order valence-corrected chi connectivity index (χ2v) is 3.51. The van der Waals surface area contributed by atoms with Crippen LogP contribution in [0, 0.1) is 0 Å². The predicted octanol–water partition coefficient (Wildman–Crippen LogP) is 1.44. The fourth-order valence-corrected chi connectivity index (χ4v) is 1.43. The van der Waals surface area contributed by atoms with Gasteiger partial charge in [-0.1, -0.05) is 0 Å². The van der Waals surface area contributed by atoms with Gasteiger partial charge < -0.3 is 5.32 Å². The lowest BCUT2D eigenvalue weighted by Crippen LogP contribution is -2.07. The molecule has 0 aliphatic rings. The predicted molar refractivity (Wildman–Crippen MR) is 60.7 cm³/mol. The highest BCUT2D eigenvalue weighted by atomic mass is 16.1. The molecule has 2 heterocycles. The van der Waals surface area contributed by atoms with Gasteiger partial charge in [0.15, 0.2) is 0 Å². The van der Waals surface area contributed by atoms with Crippen LogP contribution in [-0.2, 0) is 11.8 Å². The van der Waals surface area contributed by atoms with Gasteiger partial charge in [0.2, 0.25) is 5.91 Å². The van der Waals surface area contributed by atoms with E-state index in [1.54, 1.807) is 17.1 Å². The number of anilines is 1. The molecule has 2 aromatic rings. The van der Waals surface area contributed by atoms with Crippen LogP contribution in [0.5, 0.6) is 0 Å². The standard InChI is InChI=1S/C11H12N4O/c1-8(16)14-11-5-9(3-4-12-11)10-6-13-15(2)7-10/h3-7H,1-2H3,(H,12,14,16). The maximum atomic E-state index is 10.9. The number of carbonyl (C=O) groups excluding carboxylic acids is 1. The van der Waals surface area contributed by atoms with E-state index in [-0.39, 0.29) is 5.91 Å². The number of aromatic nitrogens is 3. The minimum absolute atomic E-state index is 0.129. The molecule has 0 spiro atoms. The van der Waals surface area contributed by atoms with Crippen molar-refractivity contribution in [3.63, 3.8) is 0 Å². The van der Waals surface area contributed by atoms with Crippen molar-refractivity contribution in [3.05, 3.63) is 30.7 Å². The molecule has 16 heavy (non-hydrogen) atoms. The van der Waals surface area contributed by atoms with Crippen molar-refractivity contribution in [1.82, 2.24) is 14.8 Å². The van der Waals surface area contributed by atoms with E-state index in [0.29, 0.717) is 5.82 Å². The van der Waals surface area contributed by atoms with E-state index in [1.165, 1.54) is 6.92 Å². The molecule has 1 N–H and O–H groups in total. The molecule has 0 unspecified atom stereocenters. The van der Waals surface area contributed by atoms with E-state index >= 15 is 0 Å². The van der Waals surface area contributed by atoms with E-state index in [2.05, 4.69) is 15.4 Å². The summed E-state index contributed by atoms with van der Waals surface area (Å²) >= 11 is 0. The lowest BCUT2D eigenvalue weighted by atomic mass is 10.1. The third-order valence-electron chi connectivity index (χ3n) is 2.10. The number of nitrogens with one attached hydrogen (secondary N) is 1. The van der Waals surface area contributed by atoms with Crippen LogP contribution >= 0.6 is 0 Å². The lowest BCUT2D eigenvalue weighted by Gasteiger charge is -2.02. The Morgan fingerprint density at radius 3 is 2.88 bits per heavy atom. The third kappa shape index (κ3) is 2.25. The van der Waals surface area contributed by atoms with Gasteiger partial charge in [-0.05, 0) is 17.7 Å². The second kappa shape index (κ2) is 4.14. The van der Waals surface area contributed by atoms with Gasteiger partial charge in [-0.25, -0.2) is 4.98 Å². The summed E-state index contributed by atoms with van der Waals surface area (Å²) in [7, 11) is 1.86. The van der Waals surface area contributed by atoms with Crippen molar-refractivity contribution in [2.24, 2.45) is 7.05 Å². The monoisotopic (exact) mass is 216 g/mol. The Hall–Kier alpha value is -2.17. The molecule has 2 rings (SSSR count). The minimum Gasteiger partial charge on any atom is -0.311 e. The highest BCUT2D eigenvalue weighted by Gasteiger charge is 2.03. The molecule has 5 heteroatoms. The van der Waals surface area contributed by atoms with Gasteiger partial charge in [-0.2, -0.15) is 5.10 Å². The third-order valence-corrected chi connectivity index (χ3v) is 2.10. The van der Waals surface area contributed by atoms with Gasteiger partial charge in [0.05, 0.1) is 6.20 Å². The second-order valence-electron chi connectivity index (χ2n) is 3.51. The van der Waals surface area contributed by atoms with Gasteiger partial charge >= 0.3 is 0 Å². The molecule has 0 fully saturated rings. The molecule has 0 saturated heterocycles. The summed E-state index contributed by atoms with van der Waals surface area (Å²) in [5.74, 6) is 0.421. The quantitative estimate of drug-likeness (QED) is 0.826. The Balaban J connectivity index is 2.32. The summed E-state index contributed by atoms with van der Waals surface area (Å²) in [6.45, 7) is 1.46. The van der Waals surface area contributed by atoms with Crippen LogP contribution < -0.4 is 5.32 Å².